The molecule has 4 heteroatoms. The third kappa shape index (κ3) is 3.58. The molecule has 4 nitrogen and oxygen atoms in total. The molecule has 106 valence electrons. The Morgan fingerprint density at radius 3 is 2.47 bits per heavy atom. The predicted molar refractivity (Wildman–Crippen MR) is 81.0 cm³/mol. The SMILES string of the molecule is CCCNc1cc(N2CCCC2)nc(C(C)(C)C)n1. The molecule has 0 amide bonds. The van der Waals surface area contributed by atoms with E-state index in [1.807, 2.05) is 0 Å². The lowest BCUT2D eigenvalue weighted by molar-refractivity contribution is 0.545. The van der Waals surface area contributed by atoms with Gasteiger partial charge in [0.05, 0.1) is 0 Å². The highest BCUT2D eigenvalue weighted by atomic mass is 15.2. The van der Waals surface area contributed by atoms with Crippen molar-refractivity contribution in [3.05, 3.63) is 11.9 Å². The van der Waals surface area contributed by atoms with Gasteiger partial charge in [0, 0.05) is 31.1 Å². The molecule has 0 atom stereocenters. The molecule has 0 unspecified atom stereocenters. The molecule has 0 spiro atoms. The van der Waals surface area contributed by atoms with Crippen molar-refractivity contribution in [1.82, 2.24) is 9.97 Å². The van der Waals surface area contributed by atoms with Crippen LogP contribution in [0.25, 0.3) is 0 Å². The van der Waals surface area contributed by atoms with E-state index in [0.717, 1.165) is 43.5 Å². The van der Waals surface area contributed by atoms with Crippen molar-refractivity contribution in [2.45, 2.75) is 52.4 Å². The molecular formula is C15H26N4. The Labute approximate surface area is 116 Å². The van der Waals surface area contributed by atoms with Gasteiger partial charge >= 0.3 is 0 Å². The summed E-state index contributed by atoms with van der Waals surface area (Å²) < 4.78 is 0. The van der Waals surface area contributed by atoms with Crippen molar-refractivity contribution in [1.29, 1.82) is 0 Å². The topological polar surface area (TPSA) is 41.0 Å². The normalized spacial score (nSPS) is 15.9. The van der Waals surface area contributed by atoms with Gasteiger partial charge in [-0.3, -0.25) is 0 Å². The van der Waals surface area contributed by atoms with Crippen molar-refractivity contribution >= 4 is 11.6 Å². The third-order valence-electron chi connectivity index (χ3n) is 3.37. The van der Waals surface area contributed by atoms with Crippen molar-refractivity contribution < 1.29 is 0 Å². The summed E-state index contributed by atoms with van der Waals surface area (Å²) in [6, 6.07) is 2.09. The quantitative estimate of drug-likeness (QED) is 0.904. The zero-order chi connectivity index (χ0) is 13.9. The highest BCUT2D eigenvalue weighted by Crippen LogP contribution is 2.25. The second-order valence-electron chi connectivity index (χ2n) is 6.31. The van der Waals surface area contributed by atoms with Crippen LogP contribution in [0.1, 0.15) is 52.8 Å². The summed E-state index contributed by atoms with van der Waals surface area (Å²) in [6.45, 7) is 11.9. The van der Waals surface area contributed by atoms with Crippen molar-refractivity contribution in [2.24, 2.45) is 0 Å². The lowest BCUT2D eigenvalue weighted by Gasteiger charge is -2.23. The van der Waals surface area contributed by atoms with Crippen LogP contribution in [0.15, 0.2) is 6.07 Å². The molecule has 0 aromatic carbocycles. The lowest BCUT2D eigenvalue weighted by atomic mass is 9.96. The first-order chi connectivity index (χ1) is 9.00. The summed E-state index contributed by atoms with van der Waals surface area (Å²) in [5.41, 5.74) is -0.0155. The average molecular weight is 262 g/mol. The Morgan fingerprint density at radius 1 is 1.21 bits per heavy atom. The second kappa shape index (κ2) is 5.76. The minimum absolute atomic E-state index is 0.0155. The first-order valence-corrected chi connectivity index (χ1v) is 7.39. The fourth-order valence-corrected chi connectivity index (χ4v) is 2.22. The van der Waals surface area contributed by atoms with Gasteiger partial charge in [-0.1, -0.05) is 27.7 Å². The van der Waals surface area contributed by atoms with Crippen molar-refractivity contribution in [3.63, 3.8) is 0 Å². The van der Waals surface area contributed by atoms with Crippen LogP contribution in [0.3, 0.4) is 0 Å². The van der Waals surface area contributed by atoms with E-state index in [1.54, 1.807) is 0 Å². The van der Waals surface area contributed by atoms with Crippen LogP contribution in [0.5, 0.6) is 0 Å². The fraction of sp³-hybridized carbons (Fsp3) is 0.733. The molecule has 1 fully saturated rings. The van der Waals surface area contributed by atoms with Gasteiger partial charge in [0.2, 0.25) is 0 Å². The number of anilines is 2. The fourth-order valence-electron chi connectivity index (χ4n) is 2.22. The van der Waals surface area contributed by atoms with E-state index in [0.29, 0.717) is 0 Å². The summed E-state index contributed by atoms with van der Waals surface area (Å²) in [5.74, 6) is 2.97. The number of nitrogens with one attached hydrogen (secondary N) is 1. The monoisotopic (exact) mass is 262 g/mol. The maximum absolute atomic E-state index is 4.77. The van der Waals surface area contributed by atoms with Crippen LogP contribution in [0.4, 0.5) is 11.6 Å². The molecule has 0 radical (unpaired) electrons. The molecule has 19 heavy (non-hydrogen) atoms. The van der Waals surface area contributed by atoms with E-state index in [1.165, 1.54) is 12.8 Å². The van der Waals surface area contributed by atoms with Crippen LogP contribution >= 0.6 is 0 Å². The number of nitrogens with zero attached hydrogens (tertiary/aromatic N) is 3. The van der Waals surface area contributed by atoms with Gasteiger partial charge in [-0.05, 0) is 19.3 Å². The van der Waals surface area contributed by atoms with Crippen LogP contribution in [-0.4, -0.2) is 29.6 Å². The van der Waals surface area contributed by atoms with E-state index in [-0.39, 0.29) is 5.41 Å². The zero-order valence-corrected chi connectivity index (χ0v) is 12.7. The van der Waals surface area contributed by atoms with Crippen molar-refractivity contribution in [2.75, 3.05) is 29.9 Å². The molecule has 2 rings (SSSR count). The molecule has 1 aliphatic heterocycles. The van der Waals surface area contributed by atoms with E-state index >= 15 is 0 Å². The van der Waals surface area contributed by atoms with Crippen LogP contribution in [0, 0.1) is 0 Å². The molecule has 0 bridgehead atoms. The third-order valence-corrected chi connectivity index (χ3v) is 3.37. The highest BCUT2D eigenvalue weighted by Gasteiger charge is 2.22. The van der Waals surface area contributed by atoms with Gasteiger partial charge in [0.15, 0.2) is 0 Å². The first kappa shape index (κ1) is 14.1. The molecule has 0 saturated carbocycles. The average Bonchev–Trinajstić information content (AvgIpc) is 2.89. The predicted octanol–water partition coefficient (Wildman–Crippen LogP) is 3.20. The summed E-state index contributed by atoms with van der Waals surface area (Å²) in [4.78, 5) is 11.8. The smallest absolute Gasteiger partial charge is 0.138 e. The van der Waals surface area contributed by atoms with E-state index < -0.39 is 0 Å². The Bertz CT molecular complexity index is 417. The zero-order valence-electron chi connectivity index (χ0n) is 12.7. The second-order valence-corrected chi connectivity index (χ2v) is 6.31. The van der Waals surface area contributed by atoms with E-state index in [9.17, 15) is 0 Å². The van der Waals surface area contributed by atoms with Crippen LogP contribution < -0.4 is 10.2 Å². The molecule has 2 heterocycles. The summed E-state index contributed by atoms with van der Waals surface area (Å²) in [7, 11) is 0. The molecule has 1 aromatic heterocycles. The molecular weight excluding hydrogens is 236 g/mol. The molecule has 1 aliphatic rings. The Balaban J connectivity index is 2.30. The lowest BCUT2D eigenvalue weighted by Crippen LogP contribution is -2.24. The Hall–Kier alpha value is -1.32. The maximum atomic E-state index is 4.77. The largest absolute Gasteiger partial charge is 0.370 e. The van der Waals surface area contributed by atoms with Gasteiger partial charge < -0.3 is 10.2 Å². The molecule has 1 saturated heterocycles. The minimum atomic E-state index is -0.0155. The van der Waals surface area contributed by atoms with Crippen LogP contribution in [-0.2, 0) is 5.41 Å². The van der Waals surface area contributed by atoms with Gasteiger partial charge in [-0.2, -0.15) is 0 Å². The minimum Gasteiger partial charge on any atom is -0.370 e. The first-order valence-electron chi connectivity index (χ1n) is 7.39. The van der Waals surface area contributed by atoms with Crippen LogP contribution in [0.2, 0.25) is 0 Å². The standard InChI is InChI=1S/C15H26N4/c1-5-8-16-12-11-13(19-9-6-7-10-19)18-14(17-12)15(2,3)4/h11H,5-10H2,1-4H3,(H,16,17,18). The summed E-state index contributed by atoms with van der Waals surface area (Å²) in [5, 5.41) is 3.39. The number of rotatable bonds is 4. The Morgan fingerprint density at radius 2 is 1.89 bits per heavy atom. The molecule has 0 aliphatic carbocycles. The highest BCUT2D eigenvalue weighted by molar-refractivity contribution is 5.50. The number of hydrogen-bond donors (Lipinski definition) is 1. The van der Waals surface area contributed by atoms with Gasteiger partial charge in [-0.25, -0.2) is 9.97 Å². The van der Waals surface area contributed by atoms with Crippen molar-refractivity contribution in [3.8, 4) is 0 Å². The Kier molecular flexibility index (Phi) is 4.27. The number of hydrogen-bond acceptors (Lipinski definition) is 4. The number of aromatic nitrogens is 2. The van der Waals surface area contributed by atoms with Gasteiger partial charge in [0.25, 0.3) is 0 Å². The van der Waals surface area contributed by atoms with Gasteiger partial charge in [-0.15, -0.1) is 0 Å². The summed E-state index contributed by atoms with van der Waals surface area (Å²) in [6.07, 6.45) is 3.65. The van der Waals surface area contributed by atoms with Gasteiger partial charge in [0.1, 0.15) is 17.5 Å². The molecule has 1 aromatic rings. The summed E-state index contributed by atoms with van der Waals surface area (Å²) >= 11 is 0. The maximum Gasteiger partial charge on any atom is 0.138 e. The molecule has 1 N–H and O–H groups in total. The van der Waals surface area contributed by atoms with E-state index in [4.69, 9.17) is 4.98 Å². The van der Waals surface area contributed by atoms with E-state index in [2.05, 4.69) is 49.0 Å².